The molecule has 0 heterocycles. The lowest BCUT2D eigenvalue weighted by molar-refractivity contribution is -0.384. The third-order valence-electron chi connectivity index (χ3n) is 3.87. The van der Waals surface area contributed by atoms with Crippen molar-refractivity contribution in [2.75, 3.05) is 11.9 Å². The minimum atomic E-state index is -0.663. The molecular weight excluding hydrogens is 258 g/mol. The van der Waals surface area contributed by atoms with Gasteiger partial charge in [0.05, 0.1) is 4.92 Å². The lowest BCUT2D eigenvalue weighted by Gasteiger charge is -2.16. The topological polar surface area (TPSA) is 98.3 Å². The van der Waals surface area contributed by atoms with Gasteiger partial charge in [0, 0.05) is 18.2 Å². The van der Waals surface area contributed by atoms with E-state index in [0.717, 1.165) is 19.4 Å². The third-order valence-corrected chi connectivity index (χ3v) is 3.87. The third kappa shape index (κ3) is 3.07. The number of rotatable bonds is 7. The van der Waals surface area contributed by atoms with Gasteiger partial charge in [0.15, 0.2) is 0 Å². The predicted octanol–water partition coefficient (Wildman–Crippen LogP) is 2.69. The molecule has 1 fully saturated rings. The van der Waals surface area contributed by atoms with Gasteiger partial charge in [-0.15, -0.1) is 0 Å². The molecule has 0 aromatic heterocycles. The first-order valence-electron chi connectivity index (χ1n) is 6.79. The largest absolute Gasteiger partial charge is 0.379 e. The fourth-order valence-electron chi connectivity index (χ4n) is 2.49. The molecule has 1 aromatic carbocycles. The maximum absolute atomic E-state index is 11.1. The highest BCUT2D eigenvalue weighted by Crippen LogP contribution is 2.49. The van der Waals surface area contributed by atoms with Crippen LogP contribution in [0, 0.1) is 15.5 Å². The number of nitrogens with one attached hydrogen (secondary N) is 1. The number of amides is 1. The molecule has 20 heavy (non-hydrogen) atoms. The minimum Gasteiger partial charge on any atom is -0.379 e. The normalized spacial score (nSPS) is 15.7. The van der Waals surface area contributed by atoms with Crippen molar-refractivity contribution >= 4 is 17.3 Å². The van der Waals surface area contributed by atoms with E-state index in [1.54, 1.807) is 6.07 Å². The van der Waals surface area contributed by atoms with Gasteiger partial charge in [-0.05, 0) is 36.8 Å². The van der Waals surface area contributed by atoms with Crippen LogP contribution < -0.4 is 11.1 Å². The van der Waals surface area contributed by atoms with Crippen LogP contribution in [0.1, 0.15) is 43.0 Å². The Hall–Kier alpha value is -2.11. The molecule has 0 unspecified atom stereocenters. The summed E-state index contributed by atoms with van der Waals surface area (Å²) in [6, 6.07) is 4.29. The molecule has 1 saturated carbocycles. The van der Waals surface area contributed by atoms with Gasteiger partial charge in [0.2, 0.25) is 5.91 Å². The molecule has 1 amide bonds. The molecular formula is C14H19N3O3. The number of nitrogens with zero attached hydrogens (tertiary/aromatic N) is 1. The first-order chi connectivity index (χ1) is 9.47. The number of primary amides is 1. The van der Waals surface area contributed by atoms with Crippen molar-refractivity contribution in [1.29, 1.82) is 0 Å². The number of hydrogen-bond donors (Lipinski definition) is 2. The molecule has 2 rings (SSSR count). The molecule has 6 nitrogen and oxygen atoms in total. The highest BCUT2D eigenvalue weighted by atomic mass is 16.6. The van der Waals surface area contributed by atoms with Crippen molar-refractivity contribution in [3.63, 3.8) is 0 Å². The maximum Gasteiger partial charge on any atom is 0.293 e. The van der Waals surface area contributed by atoms with Gasteiger partial charge < -0.3 is 11.1 Å². The molecule has 1 aromatic rings. The predicted molar refractivity (Wildman–Crippen MR) is 76.7 cm³/mol. The summed E-state index contributed by atoms with van der Waals surface area (Å²) in [5.41, 5.74) is 5.93. The lowest BCUT2D eigenvalue weighted by Crippen LogP contribution is -2.16. The molecule has 0 radical (unpaired) electrons. The second-order valence-electron chi connectivity index (χ2n) is 5.46. The Labute approximate surface area is 117 Å². The van der Waals surface area contributed by atoms with Crippen LogP contribution in [0.25, 0.3) is 0 Å². The van der Waals surface area contributed by atoms with Gasteiger partial charge in [0.25, 0.3) is 5.69 Å². The summed E-state index contributed by atoms with van der Waals surface area (Å²) in [5.74, 6) is -0.663. The Kier molecular flexibility index (Phi) is 3.92. The zero-order valence-electron chi connectivity index (χ0n) is 11.5. The summed E-state index contributed by atoms with van der Waals surface area (Å²) >= 11 is 0. The summed E-state index contributed by atoms with van der Waals surface area (Å²) in [6.45, 7) is 2.88. The van der Waals surface area contributed by atoms with E-state index in [1.807, 2.05) is 0 Å². The highest BCUT2D eigenvalue weighted by Gasteiger charge is 2.41. The Bertz CT molecular complexity index is 538. The number of anilines is 1. The van der Waals surface area contributed by atoms with Crippen molar-refractivity contribution in [3.8, 4) is 0 Å². The van der Waals surface area contributed by atoms with Gasteiger partial charge in [-0.3, -0.25) is 14.9 Å². The summed E-state index contributed by atoms with van der Waals surface area (Å²) in [4.78, 5) is 21.7. The van der Waals surface area contributed by atoms with Crippen LogP contribution in [0.2, 0.25) is 0 Å². The SMILES string of the molecule is CCCC1(CNc2ccc(C(N)=O)cc2[N+](=O)[O-])CC1. The van der Waals surface area contributed by atoms with Crippen LogP contribution in [0.15, 0.2) is 18.2 Å². The molecule has 0 spiro atoms. The van der Waals surface area contributed by atoms with E-state index in [9.17, 15) is 14.9 Å². The monoisotopic (exact) mass is 277 g/mol. The summed E-state index contributed by atoms with van der Waals surface area (Å²) in [6.07, 6.45) is 4.58. The molecule has 0 saturated heterocycles. The van der Waals surface area contributed by atoms with Crippen LogP contribution in [-0.4, -0.2) is 17.4 Å². The van der Waals surface area contributed by atoms with Crippen LogP contribution in [0.3, 0.4) is 0 Å². The van der Waals surface area contributed by atoms with Crippen LogP contribution >= 0.6 is 0 Å². The van der Waals surface area contributed by atoms with Crippen molar-refractivity contribution in [1.82, 2.24) is 0 Å². The Morgan fingerprint density at radius 2 is 2.20 bits per heavy atom. The molecule has 6 heteroatoms. The number of carbonyl (C=O) groups is 1. The number of hydrogen-bond acceptors (Lipinski definition) is 4. The maximum atomic E-state index is 11.1. The summed E-state index contributed by atoms with van der Waals surface area (Å²) in [5, 5.41) is 14.2. The quantitative estimate of drug-likeness (QED) is 0.591. The van der Waals surface area contributed by atoms with Gasteiger partial charge >= 0.3 is 0 Å². The first-order valence-corrected chi connectivity index (χ1v) is 6.79. The molecule has 1 aliphatic carbocycles. The van der Waals surface area contributed by atoms with E-state index < -0.39 is 10.8 Å². The van der Waals surface area contributed by atoms with Crippen molar-refractivity contribution in [2.24, 2.45) is 11.1 Å². The van der Waals surface area contributed by atoms with E-state index in [1.165, 1.54) is 25.0 Å². The lowest BCUT2D eigenvalue weighted by atomic mass is 10.0. The number of benzene rings is 1. The van der Waals surface area contributed by atoms with Crippen LogP contribution in [0.4, 0.5) is 11.4 Å². The number of carbonyl (C=O) groups excluding carboxylic acids is 1. The Balaban J connectivity index is 2.15. The van der Waals surface area contributed by atoms with Gasteiger partial charge in [-0.25, -0.2) is 0 Å². The molecule has 0 atom stereocenters. The van der Waals surface area contributed by atoms with E-state index in [4.69, 9.17) is 5.73 Å². The molecule has 0 aliphatic heterocycles. The number of nitro groups is 1. The number of nitro benzene ring substituents is 1. The minimum absolute atomic E-state index is 0.103. The van der Waals surface area contributed by atoms with Gasteiger partial charge in [0.1, 0.15) is 5.69 Å². The van der Waals surface area contributed by atoms with Crippen LogP contribution in [-0.2, 0) is 0 Å². The van der Waals surface area contributed by atoms with E-state index in [0.29, 0.717) is 11.1 Å². The van der Waals surface area contributed by atoms with E-state index in [2.05, 4.69) is 12.2 Å². The van der Waals surface area contributed by atoms with Crippen molar-refractivity contribution in [3.05, 3.63) is 33.9 Å². The Morgan fingerprint density at radius 3 is 2.70 bits per heavy atom. The van der Waals surface area contributed by atoms with Crippen molar-refractivity contribution < 1.29 is 9.72 Å². The summed E-state index contributed by atoms with van der Waals surface area (Å²) in [7, 11) is 0. The van der Waals surface area contributed by atoms with E-state index in [-0.39, 0.29) is 11.3 Å². The first kappa shape index (κ1) is 14.3. The molecule has 0 bridgehead atoms. The molecule has 3 N–H and O–H groups in total. The van der Waals surface area contributed by atoms with Gasteiger partial charge in [-0.1, -0.05) is 13.3 Å². The Morgan fingerprint density at radius 1 is 1.50 bits per heavy atom. The zero-order chi connectivity index (χ0) is 14.8. The van der Waals surface area contributed by atoms with Crippen molar-refractivity contribution in [2.45, 2.75) is 32.6 Å². The number of nitrogens with two attached hydrogens (primary N) is 1. The second kappa shape index (κ2) is 5.48. The fourth-order valence-corrected chi connectivity index (χ4v) is 2.49. The molecule has 108 valence electrons. The fraction of sp³-hybridized carbons (Fsp3) is 0.500. The van der Waals surface area contributed by atoms with Crippen LogP contribution in [0.5, 0.6) is 0 Å². The average Bonchev–Trinajstić information content (AvgIpc) is 3.16. The highest BCUT2D eigenvalue weighted by molar-refractivity contribution is 5.94. The standard InChI is InChI=1S/C14H19N3O3/c1-2-5-14(6-7-14)9-16-11-4-3-10(13(15)18)8-12(11)17(19)20/h3-4,8,16H,2,5-7,9H2,1H3,(H2,15,18). The molecule has 1 aliphatic rings. The zero-order valence-corrected chi connectivity index (χ0v) is 11.5. The smallest absolute Gasteiger partial charge is 0.293 e. The van der Waals surface area contributed by atoms with E-state index >= 15 is 0 Å². The van der Waals surface area contributed by atoms with Gasteiger partial charge in [-0.2, -0.15) is 0 Å². The second-order valence-corrected chi connectivity index (χ2v) is 5.46. The average molecular weight is 277 g/mol. The summed E-state index contributed by atoms with van der Waals surface area (Å²) < 4.78 is 0.